The van der Waals surface area contributed by atoms with Gasteiger partial charge in [-0.15, -0.1) is 0 Å². The van der Waals surface area contributed by atoms with Gasteiger partial charge in [-0.25, -0.2) is 9.97 Å². The number of nitrogens with one attached hydrogen (secondary N) is 1. The third-order valence-electron chi connectivity index (χ3n) is 3.97. The third kappa shape index (κ3) is 4.22. The van der Waals surface area contributed by atoms with E-state index in [0.717, 1.165) is 22.5 Å². The summed E-state index contributed by atoms with van der Waals surface area (Å²) in [5, 5.41) is 2.56. The fourth-order valence-corrected chi connectivity index (χ4v) is 2.42. The lowest BCUT2D eigenvalue weighted by molar-refractivity contribution is -0.143. The average molecular weight is 349 g/mol. The number of carbonyl (C=O) groups excluding carboxylic acids is 2. The van der Waals surface area contributed by atoms with E-state index in [9.17, 15) is 9.59 Å². The smallest absolute Gasteiger partial charge is 0.325 e. The van der Waals surface area contributed by atoms with Crippen LogP contribution in [0.15, 0.2) is 48.5 Å². The van der Waals surface area contributed by atoms with Crippen molar-refractivity contribution in [2.75, 3.05) is 6.54 Å². The predicted molar refractivity (Wildman–Crippen MR) is 97.6 cm³/mol. The molecule has 0 bridgehead atoms. The van der Waals surface area contributed by atoms with Crippen molar-refractivity contribution < 1.29 is 14.3 Å². The molecule has 1 aromatic heterocycles. The van der Waals surface area contributed by atoms with E-state index in [1.807, 2.05) is 44.2 Å². The van der Waals surface area contributed by atoms with E-state index in [4.69, 9.17) is 4.74 Å². The largest absolute Gasteiger partial charge is 0.460 e. The first-order chi connectivity index (χ1) is 12.5. The molecule has 1 amide bonds. The fraction of sp³-hybridized carbons (Fsp3) is 0.200. The zero-order chi connectivity index (χ0) is 18.5. The summed E-state index contributed by atoms with van der Waals surface area (Å²) in [6, 6.07) is 14.4. The van der Waals surface area contributed by atoms with Crippen molar-refractivity contribution in [3.05, 3.63) is 71.0 Å². The molecule has 0 fully saturated rings. The van der Waals surface area contributed by atoms with Gasteiger partial charge >= 0.3 is 5.97 Å². The first kappa shape index (κ1) is 17.5. The van der Waals surface area contributed by atoms with E-state index >= 15 is 0 Å². The van der Waals surface area contributed by atoms with Gasteiger partial charge in [-0.2, -0.15) is 0 Å². The molecular weight excluding hydrogens is 330 g/mol. The van der Waals surface area contributed by atoms with Crippen LogP contribution in [0.5, 0.6) is 0 Å². The number of nitrogens with zero attached hydrogens (tertiary/aromatic N) is 2. The normalized spacial score (nSPS) is 10.5. The molecule has 0 aliphatic rings. The number of carbonyl (C=O) groups is 2. The Labute approximate surface area is 151 Å². The molecule has 0 aliphatic carbocycles. The first-order valence-corrected chi connectivity index (χ1v) is 8.25. The number of amides is 1. The number of rotatable bonds is 5. The summed E-state index contributed by atoms with van der Waals surface area (Å²) < 4.78 is 5.14. The quantitative estimate of drug-likeness (QED) is 0.716. The minimum atomic E-state index is -0.491. The molecule has 0 unspecified atom stereocenters. The average Bonchev–Trinajstić information content (AvgIpc) is 2.66. The number of ether oxygens (including phenoxy) is 1. The van der Waals surface area contributed by atoms with Crippen LogP contribution in [0.4, 0.5) is 0 Å². The van der Waals surface area contributed by atoms with Crippen LogP contribution in [0, 0.1) is 13.8 Å². The SMILES string of the molecule is Cc1nc2ccc(C(=O)NCC(=O)OCc3ccccc3)cc2nc1C. The fourth-order valence-electron chi connectivity index (χ4n) is 2.42. The number of hydrogen-bond acceptors (Lipinski definition) is 5. The third-order valence-corrected chi connectivity index (χ3v) is 3.97. The second-order valence-electron chi connectivity index (χ2n) is 5.93. The van der Waals surface area contributed by atoms with Crippen molar-refractivity contribution in [2.45, 2.75) is 20.5 Å². The van der Waals surface area contributed by atoms with Gasteiger partial charge in [0.05, 0.1) is 22.4 Å². The molecule has 0 radical (unpaired) electrons. The maximum absolute atomic E-state index is 12.3. The molecule has 6 nitrogen and oxygen atoms in total. The number of hydrogen-bond donors (Lipinski definition) is 1. The molecule has 1 heterocycles. The van der Waals surface area contributed by atoms with Crippen LogP contribution in [-0.4, -0.2) is 28.4 Å². The molecular formula is C20H19N3O3. The summed E-state index contributed by atoms with van der Waals surface area (Å²) in [6.07, 6.45) is 0. The lowest BCUT2D eigenvalue weighted by Crippen LogP contribution is -2.30. The predicted octanol–water partition coefficient (Wildman–Crippen LogP) is 2.72. The molecule has 3 aromatic rings. The molecule has 0 saturated heterocycles. The van der Waals surface area contributed by atoms with Crippen molar-refractivity contribution >= 4 is 22.9 Å². The standard InChI is InChI=1S/C20H19N3O3/c1-13-14(2)23-18-10-16(8-9-17(18)22-13)20(25)21-11-19(24)26-12-15-6-4-3-5-7-15/h3-10H,11-12H2,1-2H3,(H,21,25). The number of fused-ring (bicyclic) bond motifs is 1. The Morgan fingerprint density at radius 1 is 0.962 bits per heavy atom. The Morgan fingerprint density at radius 3 is 2.38 bits per heavy atom. The highest BCUT2D eigenvalue weighted by molar-refractivity contribution is 5.98. The van der Waals surface area contributed by atoms with E-state index in [0.29, 0.717) is 11.1 Å². The van der Waals surface area contributed by atoms with Gasteiger partial charge < -0.3 is 10.1 Å². The van der Waals surface area contributed by atoms with Crippen LogP contribution in [0.3, 0.4) is 0 Å². The van der Waals surface area contributed by atoms with Crippen molar-refractivity contribution in [2.24, 2.45) is 0 Å². The molecule has 0 aliphatic heterocycles. The van der Waals surface area contributed by atoms with Gasteiger partial charge in [0.1, 0.15) is 13.2 Å². The highest BCUT2D eigenvalue weighted by Gasteiger charge is 2.11. The second-order valence-corrected chi connectivity index (χ2v) is 5.93. The van der Waals surface area contributed by atoms with Crippen LogP contribution < -0.4 is 5.32 Å². The number of aromatic nitrogens is 2. The number of esters is 1. The summed E-state index contributed by atoms with van der Waals surface area (Å²) in [5.41, 5.74) is 4.37. The van der Waals surface area contributed by atoms with Crippen molar-refractivity contribution in [3.63, 3.8) is 0 Å². The van der Waals surface area contributed by atoms with E-state index < -0.39 is 5.97 Å². The summed E-state index contributed by atoms with van der Waals surface area (Å²) in [5.74, 6) is -0.849. The topological polar surface area (TPSA) is 81.2 Å². The van der Waals surface area contributed by atoms with Crippen molar-refractivity contribution in [1.82, 2.24) is 15.3 Å². The maximum Gasteiger partial charge on any atom is 0.325 e. The van der Waals surface area contributed by atoms with Crippen LogP contribution in [0.2, 0.25) is 0 Å². The van der Waals surface area contributed by atoms with E-state index in [1.54, 1.807) is 18.2 Å². The molecule has 6 heteroatoms. The van der Waals surface area contributed by atoms with Crippen molar-refractivity contribution in [1.29, 1.82) is 0 Å². The minimum absolute atomic E-state index is 0.180. The first-order valence-electron chi connectivity index (χ1n) is 8.25. The monoisotopic (exact) mass is 349 g/mol. The van der Waals surface area contributed by atoms with Crippen LogP contribution in [0.1, 0.15) is 27.3 Å². The molecule has 132 valence electrons. The Hall–Kier alpha value is -3.28. The zero-order valence-electron chi connectivity index (χ0n) is 14.7. The molecule has 3 rings (SSSR count). The van der Waals surface area contributed by atoms with Gasteiger partial charge in [-0.05, 0) is 37.6 Å². The Kier molecular flexibility index (Phi) is 5.22. The summed E-state index contributed by atoms with van der Waals surface area (Å²) >= 11 is 0. The lowest BCUT2D eigenvalue weighted by atomic mass is 10.1. The van der Waals surface area contributed by atoms with Gasteiger partial charge in [0.2, 0.25) is 0 Å². The van der Waals surface area contributed by atoms with Gasteiger partial charge in [0.25, 0.3) is 5.91 Å². The maximum atomic E-state index is 12.3. The zero-order valence-corrected chi connectivity index (χ0v) is 14.7. The van der Waals surface area contributed by atoms with E-state index in [2.05, 4.69) is 15.3 Å². The van der Waals surface area contributed by atoms with Crippen molar-refractivity contribution in [3.8, 4) is 0 Å². The van der Waals surface area contributed by atoms with Gasteiger partial charge in [-0.1, -0.05) is 30.3 Å². The Morgan fingerprint density at radius 2 is 1.65 bits per heavy atom. The second kappa shape index (κ2) is 7.74. The lowest BCUT2D eigenvalue weighted by Gasteiger charge is -2.08. The Bertz CT molecular complexity index is 955. The molecule has 0 saturated carbocycles. The van der Waals surface area contributed by atoms with E-state index in [1.165, 1.54) is 0 Å². The molecule has 26 heavy (non-hydrogen) atoms. The number of aryl methyl sites for hydroxylation is 2. The summed E-state index contributed by atoms with van der Waals surface area (Å²) in [7, 11) is 0. The Balaban J connectivity index is 1.58. The molecule has 1 N–H and O–H groups in total. The van der Waals surface area contributed by atoms with Gasteiger partial charge in [0, 0.05) is 5.56 Å². The summed E-state index contributed by atoms with van der Waals surface area (Å²) in [4.78, 5) is 32.9. The number of benzene rings is 2. The van der Waals surface area contributed by atoms with Crippen LogP contribution in [-0.2, 0) is 16.1 Å². The van der Waals surface area contributed by atoms with Crippen LogP contribution >= 0.6 is 0 Å². The highest BCUT2D eigenvalue weighted by Crippen LogP contribution is 2.14. The van der Waals surface area contributed by atoms with Gasteiger partial charge in [0.15, 0.2) is 0 Å². The summed E-state index contributed by atoms with van der Waals surface area (Å²) in [6.45, 7) is 3.75. The molecule has 0 spiro atoms. The highest BCUT2D eigenvalue weighted by atomic mass is 16.5. The molecule has 2 aromatic carbocycles. The van der Waals surface area contributed by atoms with Gasteiger partial charge in [-0.3, -0.25) is 9.59 Å². The molecule has 0 atom stereocenters. The van der Waals surface area contributed by atoms with E-state index in [-0.39, 0.29) is 19.1 Å². The van der Waals surface area contributed by atoms with Crippen LogP contribution in [0.25, 0.3) is 11.0 Å². The minimum Gasteiger partial charge on any atom is -0.460 e.